The van der Waals surface area contributed by atoms with E-state index < -0.39 is 6.04 Å². The zero-order valence-corrected chi connectivity index (χ0v) is 21.2. The topological polar surface area (TPSA) is 81.8 Å². The summed E-state index contributed by atoms with van der Waals surface area (Å²) in [5, 5.41) is 5.94. The first-order valence-corrected chi connectivity index (χ1v) is 13.1. The molecule has 2 N–H and O–H groups in total. The maximum atomic E-state index is 13.2. The number of nitrogens with one attached hydrogen (secondary N) is 2. The van der Waals surface area contributed by atoms with Crippen molar-refractivity contribution in [3.63, 3.8) is 0 Å². The fourth-order valence-electron chi connectivity index (χ4n) is 4.84. The minimum atomic E-state index is -0.573. The van der Waals surface area contributed by atoms with Gasteiger partial charge in [0.15, 0.2) is 0 Å². The van der Waals surface area contributed by atoms with Crippen LogP contribution < -0.4 is 15.5 Å². The maximum Gasteiger partial charge on any atom is 0.255 e. The van der Waals surface area contributed by atoms with Crippen molar-refractivity contribution in [3.05, 3.63) is 29.3 Å². The summed E-state index contributed by atoms with van der Waals surface area (Å²) in [5.41, 5.74) is 2.83. The number of carbonyl (C=O) groups is 3. The third-order valence-corrected chi connectivity index (χ3v) is 6.86. The second-order valence-corrected chi connectivity index (χ2v) is 10.0. The van der Waals surface area contributed by atoms with E-state index in [0.29, 0.717) is 18.5 Å². The SMILES string of the molecule is CCCCCN(CCCCNCCC(C)C)c1cccc2c1CN(C1CCC(=O)NC1=O)C2=O. The van der Waals surface area contributed by atoms with Gasteiger partial charge >= 0.3 is 0 Å². The van der Waals surface area contributed by atoms with Crippen LogP contribution in [0.2, 0.25) is 0 Å². The minimum absolute atomic E-state index is 0.103. The van der Waals surface area contributed by atoms with Gasteiger partial charge < -0.3 is 15.1 Å². The molecular formula is C27H42N4O3. The van der Waals surface area contributed by atoms with Gasteiger partial charge in [0.2, 0.25) is 11.8 Å². The number of amides is 3. The molecule has 0 bridgehead atoms. The van der Waals surface area contributed by atoms with E-state index in [1.54, 1.807) is 4.90 Å². The van der Waals surface area contributed by atoms with E-state index >= 15 is 0 Å². The van der Waals surface area contributed by atoms with Crippen molar-refractivity contribution in [3.8, 4) is 0 Å². The zero-order valence-electron chi connectivity index (χ0n) is 21.2. The van der Waals surface area contributed by atoms with Gasteiger partial charge in [0, 0.05) is 42.9 Å². The number of imide groups is 1. The summed E-state index contributed by atoms with van der Waals surface area (Å²) in [5.74, 6) is 0.00834. The summed E-state index contributed by atoms with van der Waals surface area (Å²) >= 11 is 0. The fourth-order valence-corrected chi connectivity index (χ4v) is 4.84. The number of hydrogen-bond donors (Lipinski definition) is 2. The Bertz CT molecular complexity index is 854. The molecule has 0 aliphatic carbocycles. The predicted octanol–water partition coefficient (Wildman–Crippen LogP) is 3.86. The molecule has 0 radical (unpaired) electrons. The molecule has 2 aliphatic rings. The Morgan fingerprint density at radius 3 is 2.56 bits per heavy atom. The molecule has 1 aromatic rings. The second-order valence-electron chi connectivity index (χ2n) is 10.0. The van der Waals surface area contributed by atoms with Gasteiger partial charge in [-0.25, -0.2) is 0 Å². The highest BCUT2D eigenvalue weighted by Crippen LogP contribution is 2.34. The lowest BCUT2D eigenvalue weighted by Gasteiger charge is -2.30. The lowest BCUT2D eigenvalue weighted by Crippen LogP contribution is -2.52. The monoisotopic (exact) mass is 470 g/mol. The van der Waals surface area contributed by atoms with Crippen molar-refractivity contribution in [1.29, 1.82) is 0 Å². The number of hydrogen-bond acceptors (Lipinski definition) is 5. The molecule has 188 valence electrons. The molecule has 1 saturated heterocycles. The average Bonchev–Trinajstić information content (AvgIpc) is 3.13. The van der Waals surface area contributed by atoms with E-state index in [0.717, 1.165) is 62.6 Å². The van der Waals surface area contributed by atoms with Gasteiger partial charge in [-0.2, -0.15) is 0 Å². The van der Waals surface area contributed by atoms with Crippen LogP contribution in [-0.2, 0) is 16.1 Å². The van der Waals surface area contributed by atoms with E-state index in [1.165, 1.54) is 19.3 Å². The van der Waals surface area contributed by atoms with Gasteiger partial charge in [-0.3, -0.25) is 19.7 Å². The normalized spacial score (nSPS) is 17.9. The molecule has 34 heavy (non-hydrogen) atoms. The number of carbonyl (C=O) groups excluding carboxylic acids is 3. The number of piperidine rings is 1. The van der Waals surface area contributed by atoms with Crippen molar-refractivity contribution in [2.24, 2.45) is 5.92 Å². The van der Waals surface area contributed by atoms with Crippen LogP contribution in [0.25, 0.3) is 0 Å². The molecular weight excluding hydrogens is 428 g/mol. The van der Waals surface area contributed by atoms with Crippen LogP contribution in [0.5, 0.6) is 0 Å². The number of unbranched alkanes of at least 4 members (excludes halogenated alkanes) is 3. The molecule has 0 aromatic heterocycles. The molecule has 2 heterocycles. The van der Waals surface area contributed by atoms with Crippen LogP contribution >= 0.6 is 0 Å². The average molecular weight is 471 g/mol. The summed E-state index contributed by atoms with van der Waals surface area (Å²) in [6.45, 7) is 11.2. The molecule has 2 aliphatic heterocycles. The van der Waals surface area contributed by atoms with Crippen molar-refractivity contribution >= 4 is 23.4 Å². The molecule has 1 aromatic carbocycles. The number of fused-ring (bicyclic) bond motifs is 1. The van der Waals surface area contributed by atoms with Gasteiger partial charge in [0.05, 0.1) is 0 Å². The van der Waals surface area contributed by atoms with Crippen LogP contribution in [0.1, 0.15) is 88.1 Å². The van der Waals surface area contributed by atoms with Gasteiger partial charge in [-0.1, -0.05) is 39.7 Å². The smallest absolute Gasteiger partial charge is 0.255 e. The van der Waals surface area contributed by atoms with Gasteiger partial charge in [-0.15, -0.1) is 0 Å². The van der Waals surface area contributed by atoms with Gasteiger partial charge in [0.25, 0.3) is 5.91 Å². The van der Waals surface area contributed by atoms with Crippen LogP contribution in [0.15, 0.2) is 18.2 Å². The third-order valence-electron chi connectivity index (χ3n) is 6.86. The lowest BCUT2D eigenvalue weighted by molar-refractivity contribution is -0.136. The Morgan fingerprint density at radius 2 is 1.85 bits per heavy atom. The van der Waals surface area contributed by atoms with E-state index in [-0.39, 0.29) is 24.1 Å². The lowest BCUT2D eigenvalue weighted by atomic mass is 10.0. The van der Waals surface area contributed by atoms with E-state index in [9.17, 15) is 14.4 Å². The first kappa shape index (κ1) is 26.2. The summed E-state index contributed by atoms with van der Waals surface area (Å²) < 4.78 is 0. The summed E-state index contributed by atoms with van der Waals surface area (Å²) in [7, 11) is 0. The van der Waals surface area contributed by atoms with Crippen molar-refractivity contribution in [1.82, 2.24) is 15.5 Å². The van der Waals surface area contributed by atoms with E-state index in [4.69, 9.17) is 0 Å². The largest absolute Gasteiger partial charge is 0.371 e. The van der Waals surface area contributed by atoms with Crippen LogP contribution in [0.3, 0.4) is 0 Å². The van der Waals surface area contributed by atoms with Crippen molar-refractivity contribution in [2.75, 3.05) is 31.1 Å². The van der Waals surface area contributed by atoms with E-state index in [1.807, 2.05) is 12.1 Å². The molecule has 7 nitrogen and oxygen atoms in total. The third kappa shape index (κ3) is 6.81. The Labute approximate surface area is 204 Å². The Hall–Kier alpha value is -2.41. The van der Waals surface area contributed by atoms with Gasteiger partial charge in [0.1, 0.15) is 6.04 Å². The molecule has 0 spiro atoms. The standard InChI is InChI=1S/C27H42N4O3/c1-4-5-7-17-30(18-8-6-15-28-16-14-20(2)3)23-11-9-10-21-22(23)19-31(27(21)34)24-12-13-25(32)29-26(24)33/h9-11,20,24,28H,4-8,12-19H2,1-3H3,(H,29,32,33). The highest BCUT2D eigenvalue weighted by molar-refractivity contribution is 6.06. The van der Waals surface area contributed by atoms with Crippen LogP contribution in [-0.4, -0.2) is 54.8 Å². The van der Waals surface area contributed by atoms with Crippen molar-refractivity contribution in [2.45, 2.75) is 84.7 Å². The number of anilines is 1. The molecule has 3 amide bonds. The predicted molar refractivity (Wildman–Crippen MR) is 136 cm³/mol. The summed E-state index contributed by atoms with van der Waals surface area (Å²) in [4.78, 5) is 41.3. The number of nitrogens with zero attached hydrogens (tertiary/aromatic N) is 2. The molecule has 1 unspecified atom stereocenters. The highest BCUT2D eigenvalue weighted by Gasteiger charge is 2.40. The van der Waals surface area contributed by atoms with E-state index in [2.05, 4.69) is 42.4 Å². The number of benzene rings is 1. The first-order valence-electron chi connectivity index (χ1n) is 13.1. The van der Waals surface area contributed by atoms with Crippen LogP contribution in [0, 0.1) is 5.92 Å². The summed E-state index contributed by atoms with van der Waals surface area (Å²) in [6, 6.07) is 5.37. The zero-order chi connectivity index (χ0) is 24.5. The second kappa shape index (κ2) is 12.9. The molecule has 0 saturated carbocycles. The summed E-state index contributed by atoms with van der Waals surface area (Å²) in [6.07, 6.45) is 7.57. The van der Waals surface area contributed by atoms with Crippen LogP contribution in [0.4, 0.5) is 5.69 Å². The Morgan fingerprint density at radius 1 is 1.09 bits per heavy atom. The minimum Gasteiger partial charge on any atom is -0.371 e. The number of rotatable bonds is 14. The molecule has 3 rings (SSSR count). The molecule has 7 heteroatoms. The molecule has 1 fully saturated rings. The fraction of sp³-hybridized carbons (Fsp3) is 0.667. The van der Waals surface area contributed by atoms with Crippen molar-refractivity contribution < 1.29 is 14.4 Å². The quantitative estimate of drug-likeness (QED) is 0.319. The molecule has 1 atom stereocenters. The Balaban J connectivity index is 1.66. The Kier molecular flexibility index (Phi) is 9.93. The van der Waals surface area contributed by atoms with Gasteiger partial charge in [-0.05, 0) is 63.2 Å². The maximum absolute atomic E-state index is 13.2. The first-order chi connectivity index (χ1) is 16.4. The highest BCUT2D eigenvalue weighted by atomic mass is 16.2.